The van der Waals surface area contributed by atoms with Crippen LogP contribution in [0.5, 0.6) is 5.75 Å². The highest BCUT2D eigenvalue weighted by Crippen LogP contribution is 2.27. The fourth-order valence-corrected chi connectivity index (χ4v) is 4.97. The van der Waals surface area contributed by atoms with E-state index in [2.05, 4.69) is 17.2 Å². The highest BCUT2D eigenvalue weighted by atomic mass is 16.5. The van der Waals surface area contributed by atoms with Gasteiger partial charge in [0.2, 0.25) is 0 Å². The summed E-state index contributed by atoms with van der Waals surface area (Å²) in [5.74, 6) is 0.657. The average Bonchev–Trinajstić information content (AvgIpc) is 3.40. The molecule has 12 nitrogen and oxygen atoms in total. The van der Waals surface area contributed by atoms with Crippen LogP contribution in [0.3, 0.4) is 0 Å². The predicted molar refractivity (Wildman–Crippen MR) is 182 cm³/mol. The number of methoxy groups -OCH3 is 1. The molecule has 1 heterocycles. The molecular formula is C35H42N6O6. The van der Waals surface area contributed by atoms with Gasteiger partial charge >= 0.3 is 12.1 Å². The second-order valence-corrected chi connectivity index (χ2v) is 10.7. The topological polar surface area (TPSA) is 150 Å². The summed E-state index contributed by atoms with van der Waals surface area (Å²) in [5, 5.41) is 3.34. The molecule has 0 spiro atoms. The Hall–Kier alpha value is -5.39. The molecule has 1 aromatic heterocycles. The molecule has 0 aliphatic rings. The van der Waals surface area contributed by atoms with Crippen molar-refractivity contribution in [3.8, 4) is 5.75 Å². The van der Waals surface area contributed by atoms with Gasteiger partial charge < -0.3 is 34.7 Å². The SMILES string of the molecule is CCCCCOC(=O)N=C(N)c1ccc(NCc2nc3cc(C(=O)N(CCC(=O)OCC)c4ccccc4)ccc3n2C)c(OC)c1. The van der Waals surface area contributed by atoms with Crippen molar-refractivity contribution in [2.45, 2.75) is 46.1 Å². The third kappa shape index (κ3) is 9.09. The lowest BCUT2D eigenvalue weighted by molar-refractivity contribution is -0.142. The number of hydrogen-bond acceptors (Lipinski definition) is 8. The maximum absolute atomic E-state index is 13.7. The smallest absolute Gasteiger partial charge is 0.435 e. The van der Waals surface area contributed by atoms with E-state index in [4.69, 9.17) is 24.9 Å². The number of anilines is 2. The van der Waals surface area contributed by atoms with Gasteiger partial charge in [-0.3, -0.25) is 9.59 Å². The molecule has 12 heteroatoms. The fraction of sp³-hybridized carbons (Fsp3) is 0.343. The van der Waals surface area contributed by atoms with Crippen LogP contribution in [0.2, 0.25) is 0 Å². The number of para-hydroxylation sites is 1. The first-order chi connectivity index (χ1) is 22.7. The number of nitrogens with zero attached hydrogens (tertiary/aromatic N) is 4. The molecule has 0 saturated carbocycles. The molecule has 0 atom stereocenters. The monoisotopic (exact) mass is 642 g/mol. The van der Waals surface area contributed by atoms with Crippen LogP contribution in [-0.2, 0) is 27.9 Å². The number of fused-ring (bicyclic) bond motifs is 1. The molecule has 0 fully saturated rings. The predicted octanol–water partition coefficient (Wildman–Crippen LogP) is 5.83. The number of aromatic nitrogens is 2. The summed E-state index contributed by atoms with van der Waals surface area (Å²) in [6, 6.07) is 19.8. The molecule has 0 radical (unpaired) electrons. The van der Waals surface area contributed by atoms with Crippen molar-refractivity contribution >= 4 is 46.2 Å². The summed E-state index contributed by atoms with van der Waals surface area (Å²) < 4.78 is 17.7. The lowest BCUT2D eigenvalue weighted by Crippen LogP contribution is -2.33. The number of benzene rings is 3. The van der Waals surface area contributed by atoms with Gasteiger partial charge in [0.05, 0.1) is 50.0 Å². The number of amidine groups is 1. The number of nitrogens with two attached hydrogens (primary N) is 1. The van der Waals surface area contributed by atoms with E-state index in [1.807, 2.05) is 48.0 Å². The van der Waals surface area contributed by atoms with E-state index < -0.39 is 6.09 Å². The van der Waals surface area contributed by atoms with Gasteiger partial charge in [-0.05, 0) is 61.9 Å². The van der Waals surface area contributed by atoms with E-state index >= 15 is 0 Å². The molecule has 0 aliphatic heterocycles. The molecule has 0 saturated heterocycles. The van der Waals surface area contributed by atoms with Gasteiger partial charge in [-0.25, -0.2) is 9.78 Å². The quantitative estimate of drug-likeness (QED) is 0.0707. The van der Waals surface area contributed by atoms with E-state index in [-0.39, 0.29) is 37.3 Å². The van der Waals surface area contributed by atoms with Crippen molar-refractivity contribution in [1.82, 2.24) is 9.55 Å². The van der Waals surface area contributed by atoms with Crippen LogP contribution in [0.1, 0.15) is 61.3 Å². The molecule has 0 bridgehead atoms. The summed E-state index contributed by atoms with van der Waals surface area (Å²) in [4.78, 5) is 48.0. The number of hydrogen-bond donors (Lipinski definition) is 2. The molecule has 3 aromatic carbocycles. The van der Waals surface area contributed by atoms with Crippen LogP contribution in [0.15, 0.2) is 71.7 Å². The number of rotatable bonds is 15. The van der Waals surface area contributed by atoms with Crippen molar-refractivity contribution in [2.24, 2.45) is 17.8 Å². The minimum Gasteiger partial charge on any atom is -0.495 e. The number of carbonyl (C=O) groups excluding carboxylic acids is 3. The number of imidazole rings is 1. The van der Waals surface area contributed by atoms with Crippen LogP contribution >= 0.6 is 0 Å². The Kier molecular flexibility index (Phi) is 12.3. The summed E-state index contributed by atoms with van der Waals surface area (Å²) in [6.07, 6.45) is 2.13. The molecule has 3 N–H and O–H groups in total. The zero-order chi connectivity index (χ0) is 33.8. The highest BCUT2D eigenvalue weighted by Gasteiger charge is 2.21. The van der Waals surface area contributed by atoms with Crippen LogP contribution in [0.4, 0.5) is 16.2 Å². The fourth-order valence-electron chi connectivity index (χ4n) is 4.97. The first-order valence-electron chi connectivity index (χ1n) is 15.7. The molecule has 0 aliphatic carbocycles. The zero-order valence-electron chi connectivity index (χ0n) is 27.3. The standard InChI is InChI=1S/C35H42N6O6/c1-5-7-11-20-47-35(44)39-33(36)24-14-16-27(30(22-24)45-4)37-23-31-38-28-21-25(15-17-29(28)40(31)3)34(43)41(19-18-32(42)46-6-2)26-12-9-8-10-13-26/h8-10,12-17,21-22,37H,5-7,11,18-20,23H2,1-4H3,(H2,36,39,44). The summed E-state index contributed by atoms with van der Waals surface area (Å²) in [5.41, 5.74) is 9.91. The molecule has 4 aromatic rings. The molecule has 2 amide bonds. The Labute approximate surface area is 274 Å². The minimum atomic E-state index is -0.726. The second-order valence-electron chi connectivity index (χ2n) is 10.7. The Morgan fingerprint density at radius 3 is 2.47 bits per heavy atom. The van der Waals surface area contributed by atoms with Gasteiger partial charge in [-0.2, -0.15) is 4.99 Å². The van der Waals surface area contributed by atoms with E-state index in [0.29, 0.717) is 46.9 Å². The number of esters is 1. The summed E-state index contributed by atoms with van der Waals surface area (Å²) in [7, 11) is 3.45. The first kappa shape index (κ1) is 34.5. The van der Waals surface area contributed by atoms with Crippen LogP contribution < -0.4 is 20.7 Å². The Balaban J connectivity index is 1.48. The van der Waals surface area contributed by atoms with Gasteiger partial charge in [0, 0.05) is 30.4 Å². The summed E-state index contributed by atoms with van der Waals surface area (Å²) >= 11 is 0. The molecular weight excluding hydrogens is 600 g/mol. The number of amides is 2. The van der Waals surface area contributed by atoms with Crippen molar-refractivity contribution in [3.05, 3.63) is 83.7 Å². The zero-order valence-corrected chi connectivity index (χ0v) is 27.3. The second kappa shape index (κ2) is 16.8. The third-order valence-electron chi connectivity index (χ3n) is 7.50. The first-order valence-corrected chi connectivity index (χ1v) is 15.7. The van der Waals surface area contributed by atoms with Gasteiger partial charge in [-0.1, -0.05) is 38.0 Å². The maximum atomic E-state index is 13.7. The van der Waals surface area contributed by atoms with E-state index in [1.165, 1.54) is 0 Å². The number of aryl methyl sites for hydroxylation is 1. The van der Waals surface area contributed by atoms with Crippen LogP contribution in [-0.4, -0.2) is 60.2 Å². The van der Waals surface area contributed by atoms with Crippen molar-refractivity contribution in [3.63, 3.8) is 0 Å². The number of aliphatic imine (C=N–C) groups is 1. The normalized spacial score (nSPS) is 11.3. The van der Waals surface area contributed by atoms with E-state index in [0.717, 1.165) is 30.6 Å². The molecule has 0 unspecified atom stereocenters. The molecule has 248 valence electrons. The van der Waals surface area contributed by atoms with Gasteiger partial charge in [0.1, 0.15) is 17.4 Å². The van der Waals surface area contributed by atoms with Crippen molar-refractivity contribution < 1.29 is 28.6 Å². The van der Waals surface area contributed by atoms with Gasteiger partial charge in [-0.15, -0.1) is 0 Å². The van der Waals surface area contributed by atoms with Crippen LogP contribution in [0, 0.1) is 0 Å². The average molecular weight is 643 g/mol. The number of nitrogens with one attached hydrogen (secondary N) is 1. The van der Waals surface area contributed by atoms with Crippen molar-refractivity contribution in [1.29, 1.82) is 0 Å². The number of ether oxygens (including phenoxy) is 3. The number of unbranched alkanes of at least 4 members (excludes halogenated alkanes) is 2. The Morgan fingerprint density at radius 2 is 1.74 bits per heavy atom. The van der Waals surface area contributed by atoms with Crippen LogP contribution in [0.25, 0.3) is 11.0 Å². The molecule has 4 rings (SSSR count). The molecule has 47 heavy (non-hydrogen) atoms. The maximum Gasteiger partial charge on any atom is 0.435 e. The van der Waals surface area contributed by atoms with Crippen molar-refractivity contribution in [2.75, 3.05) is 37.1 Å². The van der Waals surface area contributed by atoms with Gasteiger partial charge in [0.15, 0.2) is 0 Å². The summed E-state index contributed by atoms with van der Waals surface area (Å²) in [6.45, 7) is 4.94. The van der Waals surface area contributed by atoms with Gasteiger partial charge in [0.25, 0.3) is 5.91 Å². The largest absolute Gasteiger partial charge is 0.495 e. The minimum absolute atomic E-state index is 0.0303. The number of carbonyl (C=O) groups is 3. The van der Waals surface area contributed by atoms with E-state index in [9.17, 15) is 14.4 Å². The Bertz CT molecular complexity index is 1720. The Morgan fingerprint density at radius 1 is 0.979 bits per heavy atom. The highest BCUT2D eigenvalue weighted by molar-refractivity contribution is 6.08. The van der Waals surface area contributed by atoms with E-state index in [1.54, 1.807) is 49.3 Å². The lowest BCUT2D eigenvalue weighted by Gasteiger charge is -2.22. The third-order valence-corrected chi connectivity index (χ3v) is 7.50. The lowest BCUT2D eigenvalue weighted by atomic mass is 10.1.